The quantitative estimate of drug-likeness (QED) is 0.233. The van der Waals surface area contributed by atoms with E-state index in [4.69, 9.17) is 18.9 Å². The molecule has 3 aromatic carbocycles. The van der Waals surface area contributed by atoms with Crippen LogP contribution in [-0.4, -0.2) is 31.8 Å². The molecule has 0 spiro atoms. The Balaban J connectivity index is 1.65. The Morgan fingerprint density at radius 2 is 1.52 bits per heavy atom. The van der Waals surface area contributed by atoms with Crippen LogP contribution in [0.5, 0.6) is 17.2 Å². The van der Waals surface area contributed by atoms with Gasteiger partial charge in [-0.1, -0.05) is 46.3 Å². The Bertz CT molecular complexity index is 1040. The molecular weight excluding hydrogens is 464 g/mol. The van der Waals surface area contributed by atoms with Gasteiger partial charge in [-0.25, -0.2) is 9.59 Å². The van der Waals surface area contributed by atoms with Gasteiger partial charge < -0.3 is 18.9 Å². The summed E-state index contributed by atoms with van der Waals surface area (Å²) >= 11 is 3.34. The summed E-state index contributed by atoms with van der Waals surface area (Å²) in [7, 11) is 0. The van der Waals surface area contributed by atoms with Crippen LogP contribution in [0.25, 0.3) is 0 Å². The van der Waals surface area contributed by atoms with Crippen molar-refractivity contribution < 1.29 is 28.5 Å². The first kappa shape index (κ1) is 22.4. The predicted octanol–water partition coefficient (Wildman–Crippen LogP) is 5.30. The van der Waals surface area contributed by atoms with Crippen molar-refractivity contribution in [3.63, 3.8) is 0 Å². The average Bonchev–Trinajstić information content (AvgIpc) is 2.79. The van der Waals surface area contributed by atoms with Crippen LogP contribution in [0.1, 0.15) is 27.6 Å². The van der Waals surface area contributed by atoms with Gasteiger partial charge in [0.2, 0.25) is 0 Å². The molecule has 0 aromatic heterocycles. The predicted molar refractivity (Wildman–Crippen MR) is 119 cm³/mol. The van der Waals surface area contributed by atoms with E-state index in [1.807, 2.05) is 37.3 Å². The molecule has 160 valence electrons. The van der Waals surface area contributed by atoms with E-state index in [-0.39, 0.29) is 30.1 Å². The second-order valence-corrected chi connectivity index (χ2v) is 7.17. The number of halogens is 1. The lowest BCUT2D eigenvalue weighted by Crippen LogP contribution is -2.16. The zero-order valence-corrected chi connectivity index (χ0v) is 18.5. The SMILES string of the molecule is CCOc1ccc(Br)cc1C(=O)Oc1ccccc1C(=O)OCCOc1ccccc1. The second-order valence-electron chi connectivity index (χ2n) is 6.26. The van der Waals surface area contributed by atoms with Crippen molar-refractivity contribution in [2.45, 2.75) is 6.92 Å². The highest BCUT2D eigenvalue weighted by Gasteiger charge is 2.20. The maximum absolute atomic E-state index is 12.8. The van der Waals surface area contributed by atoms with E-state index in [0.29, 0.717) is 22.6 Å². The van der Waals surface area contributed by atoms with Crippen molar-refractivity contribution in [2.24, 2.45) is 0 Å². The first-order valence-electron chi connectivity index (χ1n) is 9.67. The lowest BCUT2D eigenvalue weighted by atomic mass is 10.2. The zero-order chi connectivity index (χ0) is 22.1. The van der Waals surface area contributed by atoms with Crippen LogP contribution < -0.4 is 14.2 Å². The van der Waals surface area contributed by atoms with Crippen LogP contribution >= 0.6 is 15.9 Å². The van der Waals surface area contributed by atoms with Crippen molar-refractivity contribution in [3.05, 3.63) is 88.4 Å². The van der Waals surface area contributed by atoms with E-state index in [1.165, 1.54) is 12.1 Å². The normalized spacial score (nSPS) is 10.3. The zero-order valence-electron chi connectivity index (χ0n) is 16.9. The summed E-state index contributed by atoms with van der Waals surface area (Å²) in [6, 6.07) is 20.7. The van der Waals surface area contributed by atoms with Crippen molar-refractivity contribution in [2.75, 3.05) is 19.8 Å². The molecule has 0 bridgehead atoms. The minimum Gasteiger partial charge on any atom is -0.493 e. The highest BCUT2D eigenvalue weighted by atomic mass is 79.9. The third-order valence-electron chi connectivity index (χ3n) is 4.10. The van der Waals surface area contributed by atoms with Crippen molar-refractivity contribution >= 4 is 27.9 Å². The van der Waals surface area contributed by atoms with Gasteiger partial charge in [0.15, 0.2) is 0 Å². The molecule has 0 unspecified atom stereocenters. The highest BCUT2D eigenvalue weighted by molar-refractivity contribution is 9.10. The monoisotopic (exact) mass is 484 g/mol. The van der Waals surface area contributed by atoms with Crippen molar-refractivity contribution in [1.82, 2.24) is 0 Å². The molecule has 0 atom stereocenters. The first-order chi connectivity index (χ1) is 15.1. The van der Waals surface area contributed by atoms with Gasteiger partial charge in [-0.3, -0.25) is 0 Å². The van der Waals surface area contributed by atoms with Gasteiger partial charge in [0.05, 0.1) is 6.61 Å². The minimum atomic E-state index is -0.641. The van der Waals surface area contributed by atoms with Crippen LogP contribution in [0.2, 0.25) is 0 Å². The summed E-state index contributed by atoms with van der Waals surface area (Å²) in [5.41, 5.74) is 0.388. The summed E-state index contributed by atoms with van der Waals surface area (Å²) in [5.74, 6) is -0.0681. The Morgan fingerprint density at radius 1 is 0.774 bits per heavy atom. The molecule has 6 nitrogen and oxygen atoms in total. The van der Waals surface area contributed by atoms with E-state index >= 15 is 0 Å². The molecule has 0 aliphatic carbocycles. The Hall–Kier alpha value is -3.32. The smallest absolute Gasteiger partial charge is 0.347 e. The van der Waals surface area contributed by atoms with Crippen molar-refractivity contribution in [3.8, 4) is 17.2 Å². The van der Waals surface area contributed by atoms with Crippen LogP contribution in [0.15, 0.2) is 77.3 Å². The number of carbonyl (C=O) groups is 2. The molecule has 31 heavy (non-hydrogen) atoms. The van der Waals surface area contributed by atoms with Gasteiger partial charge in [-0.05, 0) is 49.4 Å². The molecule has 0 amide bonds. The van der Waals surface area contributed by atoms with E-state index in [0.717, 1.165) is 0 Å². The van der Waals surface area contributed by atoms with Crippen LogP contribution in [0.4, 0.5) is 0 Å². The molecule has 3 aromatic rings. The van der Waals surface area contributed by atoms with Gasteiger partial charge in [0, 0.05) is 4.47 Å². The Morgan fingerprint density at radius 3 is 2.29 bits per heavy atom. The molecule has 0 saturated heterocycles. The summed E-state index contributed by atoms with van der Waals surface area (Å²) < 4.78 is 22.5. The molecule has 0 saturated carbocycles. The maximum Gasteiger partial charge on any atom is 0.347 e. The van der Waals surface area contributed by atoms with Crippen LogP contribution in [0, 0.1) is 0 Å². The fraction of sp³-hybridized carbons (Fsp3) is 0.167. The number of esters is 2. The van der Waals surface area contributed by atoms with Gasteiger partial charge in [-0.2, -0.15) is 0 Å². The lowest BCUT2D eigenvalue weighted by Gasteiger charge is -2.13. The molecule has 7 heteroatoms. The Kier molecular flexibility index (Phi) is 8.06. The molecule has 3 rings (SSSR count). The highest BCUT2D eigenvalue weighted by Crippen LogP contribution is 2.26. The number of rotatable bonds is 9. The summed E-state index contributed by atoms with van der Waals surface area (Å²) in [5, 5.41) is 0. The molecule has 0 fully saturated rings. The number of benzene rings is 3. The topological polar surface area (TPSA) is 71.1 Å². The first-order valence-corrected chi connectivity index (χ1v) is 10.5. The Labute approximate surface area is 188 Å². The van der Waals surface area contributed by atoms with E-state index in [2.05, 4.69) is 15.9 Å². The third-order valence-corrected chi connectivity index (χ3v) is 4.59. The van der Waals surface area contributed by atoms with Crippen LogP contribution in [0.3, 0.4) is 0 Å². The van der Waals surface area contributed by atoms with E-state index < -0.39 is 11.9 Å². The van der Waals surface area contributed by atoms with Gasteiger partial charge >= 0.3 is 11.9 Å². The van der Waals surface area contributed by atoms with Gasteiger partial charge in [0.1, 0.15) is 41.6 Å². The minimum absolute atomic E-state index is 0.0517. The summed E-state index contributed by atoms with van der Waals surface area (Å²) in [6.45, 7) is 2.48. The fourth-order valence-electron chi connectivity index (χ4n) is 2.71. The number of carbonyl (C=O) groups excluding carboxylic acids is 2. The van der Waals surface area contributed by atoms with Gasteiger partial charge in [0.25, 0.3) is 0 Å². The standard InChI is InChI=1S/C24H21BrO6/c1-2-28-21-13-12-17(25)16-20(21)24(27)31-22-11-7-6-10-19(22)23(26)30-15-14-29-18-8-4-3-5-9-18/h3-13,16H,2,14-15H2,1H3. The molecule has 0 radical (unpaired) electrons. The molecule has 0 aliphatic heterocycles. The second kappa shape index (κ2) is 11.2. The van der Waals surface area contributed by atoms with Crippen molar-refractivity contribution in [1.29, 1.82) is 0 Å². The van der Waals surface area contributed by atoms with E-state index in [9.17, 15) is 9.59 Å². The lowest BCUT2D eigenvalue weighted by molar-refractivity contribution is 0.0445. The molecular formula is C24H21BrO6. The third kappa shape index (κ3) is 6.33. The largest absolute Gasteiger partial charge is 0.493 e. The number of ether oxygens (including phenoxy) is 4. The number of hydrogen-bond acceptors (Lipinski definition) is 6. The molecule has 0 aliphatic rings. The summed E-state index contributed by atoms with van der Waals surface area (Å²) in [6.07, 6.45) is 0. The maximum atomic E-state index is 12.8. The number of para-hydroxylation sites is 2. The summed E-state index contributed by atoms with van der Waals surface area (Å²) in [4.78, 5) is 25.3. The van der Waals surface area contributed by atoms with Crippen LogP contribution in [-0.2, 0) is 4.74 Å². The molecule has 0 heterocycles. The molecule has 0 N–H and O–H groups in total. The van der Waals surface area contributed by atoms with Gasteiger partial charge in [-0.15, -0.1) is 0 Å². The average molecular weight is 485 g/mol. The number of hydrogen-bond donors (Lipinski definition) is 0. The fourth-order valence-corrected chi connectivity index (χ4v) is 3.07. The van der Waals surface area contributed by atoms with E-state index in [1.54, 1.807) is 30.3 Å².